The van der Waals surface area contributed by atoms with Crippen molar-refractivity contribution in [3.8, 4) is 5.75 Å². The Morgan fingerprint density at radius 2 is 1.95 bits per heavy atom. The maximum atomic E-state index is 10.8. The molecule has 0 heterocycles. The highest BCUT2D eigenvalue weighted by Gasteiger charge is 2.09. The van der Waals surface area contributed by atoms with Crippen LogP contribution in [0.15, 0.2) is 42.5 Å². The first-order chi connectivity index (χ1) is 9.06. The van der Waals surface area contributed by atoms with Crippen LogP contribution < -0.4 is 4.74 Å². The highest BCUT2D eigenvalue weighted by molar-refractivity contribution is 6.33. The highest BCUT2D eigenvalue weighted by atomic mass is 35.5. The summed E-state index contributed by atoms with van der Waals surface area (Å²) >= 11 is 11.7. The number of aromatic carboxylic acids is 1. The molecule has 3 nitrogen and oxygen atoms in total. The Bertz CT molecular complexity index is 611. The second-order valence-electron chi connectivity index (χ2n) is 3.87. The molecule has 0 fully saturated rings. The van der Waals surface area contributed by atoms with Crippen LogP contribution in [0, 0.1) is 0 Å². The van der Waals surface area contributed by atoms with Gasteiger partial charge in [-0.1, -0.05) is 35.3 Å². The molecule has 2 aromatic rings. The van der Waals surface area contributed by atoms with Gasteiger partial charge < -0.3 is 9.84 Å². The first kappa shape index (κ1) is 13.7. The summed E-state index contributed by atoms with van der Waals surface area (Å²) in [6.07, 6.45) is 0. The third-order valence-electron chi connectivity index (χ3n) is 2.47. The van der Waals surface area contributed by atoms with Crippen LogP contribution in [0.25, 0.3) is 0 Å². The van der Waals surface area contributed by atoms with Crippen molar-refractivity contribution in [3.05, 3.63) is 63.6 Å². The number of hydrogen-bond donors (Lipinski definition) is 1. The lowest BCUT2D eigenvalue weighted by atomic mass is 10.1. The molecule has 0 unspecified atom stereocenters. The molecule has 98 valence electrons. The van der Waals surface area contributed by atoms with Gasteiger partial charge in [0.15, 0.2) is 0 Å². The van der Waals surface area contributed by atoms with E-state index in [1.165, 1.54) is 6.07 Å². The quantitative estimate of drug-likeness (QED) is 0.916. The lowest BCUT2D eigenvalue weighted by molar-refractivity contribution is 0.0697. The van der Waals surface area contributed by atoms with Crippen molar-refractivity contribution < 1.29 is 14.6 Å². The molecule has 5 heteroatoms. The van der Waals surface area contributed by atoms with Crippen LogP contribution in [-0.4, -0.2) is 11.1 Å². The molecule has 0 radical (unpaired) electrons. The highest BCUT2D eigenvalue weighted by Crippen LogP contribution is 2.21. The topological polar surface area (TPSA) is 46.5 Å². The molecule has 0 aromatic heterocycles. The van der Waals surface area contributed by atoms with Gasteiger partial charge in [-0.15, -0.1) is 0 Å². The number of carboxylic acid groups (broad SMARTS) is 1. The van der Waals surface area contributed by atoms with E-state index in [2.05, 4.69) is 0 Å². The van der Waals surface area contributed by atoms with Crippen molar-refractivity contribution in [2.24, 2.45) is 0 Å². The van der Waals surface area contributed by atoms with E-state index < -0.39 is 5.97 Å². The van der Waals surface area contributed by atoms with E-state index in [1.54, 1.807) is 36.4 Å². The number of carboxylic acids is 1. The Balaban J connectivity index is 2.08. The molecule has 19 heavy (non-hydrogen) atoms. The summed E-state index contributed by atoms with van der Waals surface area (Å²) in [4.78, 5) is 10.8. The van der Waals surface area contributed by atoms with Gasteiger partial charge in [0.25, 0.3) is 0 Å². The molecule has 1 N–H and O–H groups in total. The first-order valence-corrected chi connectivity index (χ1v) is 6.22. The number of carbonyl (C=O) groups is 1. The maximum absolute atomic E-state index is 10.8. The minimum absolute atomic E-state index is 0.0770. The minimum Gasteiger partial charge on any atom is -0.489 e. The Kier molecular flexibility index (Phi) is 4.30. The van der Waals surface area contributed by atoms with Gasteiger partial charge in [0, 0.05) is 5.02 Å². The Morgan fingerprint density at radius 3 is 2.58 bits per heavy atom. The second kappa shape index (κ2) is 5.95. The lowest BCUT2D eigenvalue weighted by Crippen LogP contribution is -2.00. The molecule has 0 saturated carbocycles. The number of hydrogen-bond acceptors (Lipinski definition) is 2. The van der Waals surface area contributed by atoms with Crippen molar-refractivity contribution in [2.45, 2.75) is 6.61 Å². The third-order valence-corrected chi connectivity index (χ3v) is 3.01. The fourth-order valence-corrected chi connectivity index (χ4v) is 2.01. The van der Waals surface area contributed by atoms with E-state index in [-0.39, 0.29) is 10.6 Å². The van der Waals surface area contributed by atoms with E-state index in [0.717, 1.165) is 5.56 Å². The van der Waals surface area contributed by atoms with Crippen LogP contribution in [-0.2, 0) is 6.61 Å². The predicted octanol–water partition coefficient (Wildman–Crippen LogP) is 4.27. The number of benzene rings is 2. The minimum atomic E-state index is -1.05. The molecule has 0 bridgehead atoms. The fourth-order valence-electron chi connectivity index (χ4n) is 1.55. The van der Waals surface area contributed by atoms with Crippen LogP contribution in [0.4, 0.5) is 0 Å². The zero-order chi connectivity index (χ0) is 13.8. The second-order valence-corrected chi connectivity index (χ2v) is 4.71. The van der Waals surface area contributed by atoms with Crippen LogP contribution in [0.5, 0.6) is 5.75 Å². The van der Waals surface area contributed by atoms with Gasteiger partial charge in [-0.25, -0.2) is 4.79 Å². The van der Waals surface area contributed by atoms with E-state index >= 15 is 0 Å². The Morgan fingerprint density at radius 1 is 1.16 bits per heavy atom. The first-order valence-electron chi connectivity index (χ1n) is 5.46. The van der Waals surface area contributed by atoms with E-state index in [4.69, 9.17) is 33.0 Å². The lowest BCUT2D eigenvalue weighted by Gasteiger charge is -2.07. The summed E-state index contributed by atoms with van der Waals surface area (Å²) in [5.41, 5.74) is 0.864. The van der Waals surface area contributed by atoms with Gasteiger partial charge in [0.05, 0.1) is 10.6 Å². The molecule has 0 amide bonds. The van der Waals surface area contributed by atoms with E-state index in [1.807, 2.05) is 0 Å². The van der Waals surface area contributed by atoms with Crippen molar-refractivity contribution in [3.63, 3.8) is 0 Å². The van der Waals surface area contributed by atoms with Gasteiger partial charge in [-0.3, -0.25) is 0 Å². The monoisotopic (exact) mass is 296 g/mol. The number of rotatable bonds is 4. The van der Waals surface area contributed by atoms with Crippen LogP contribution >= 0.6 is 23.2 Å². The Hall–Kier alpha value is -1.71. The summed E-state index contributed by atoms with van der Waals surface area (Å²) in [7, 11) is 0. The van der Waals surface area contributed by atoms with Crippen molar-refractivity contribution in [1.82, 2.24) is 0 Å². The van der Waals surface area contributed by atoms with Crippen LogP contribution in [0.3, 0.4) is 0 Å². The van der Waals surface area contributed by atoms with Gasteiger partial charge >= 0.3 is 5.97 Å². The van der Waals surface area contributed by atoms with Gasteiger partial charge in [-0.2, -0.15) is 0 Å². The predicted molar refractivity (Wildman–Crippen MR) is 74.2 cm³/mol. The fraction of sp³-hybridized carbons (Fsp3) is 0.0714. The average molecular weight is 297 g/mol. The molecular formula is C14H10Cl2O3. The molecule has 0 atom stereocenters. The molecule has 2 aromatic carbocycles. The van der Waals surface area contributed by atoms with Crippen molar-refractivity contribution >= 4 is 29.2 Å². The molecule has 0 aliphatic rings. The number of ether oxygens (including phenoxy) is 1. The van der Waals surface area contributed by atoms with Crippen LogP contribution in [0.2, 0.25) is 10.0 Å². The SMILES string of the molecule is O=C(O)c1ccc(COc2cccc(Cl)c2)cc1Cl. The summed E-state index contributed by atoms with van der Waals surface area (Å²) in [6, 6.07) is 11.7. The summed E-state index contributed by atoms with van der Waals surface area (Å²) in [5.74, 6) is -0.404. The normalized spacial score (nSPS) is 10.2. The molecule has 0 spiro atoms. The number of halogens is 2. The maximum Gasteiger partial charge on any atom is 0.337 e. The Labute approximate surface area is 120 Å². The van der Waals surface area contributed by atoms with Crippen molar-refractivity contribution in [1.29, 1.82) is 0 Å². The van der Waals surface area contributed by atoms with Gasteiger partial charge in [-0.05, 0) is 35.9 Å². The van der Waals surface area contributed by atoms with E-state index in [0.29, 0.717) is 17.4 Å². The molecular weight excluding hydrogens is 287 g/mol. The standard InChI is InChI=1S/C14H10Cl2O3/c15-10-2-1-3-11(7-10)19-8-9-4-5-12(14(17)18)13(16)6-9/h1-7H,8H2,(H,17,18). The largest absolute Gasteiger partial charge is 0.489 e. The summed E-state index contributed by atoms with van der Waals surface area (Å²) in [6.45, 7) is 0.292. The van der Waals surface area contributed by atoms with Crippen molar-refractivity contribution in [2.75, 3.05) is 0 Å². The van der Waals surface area contributed by atoms with Crippen LogP contribution in [0.1, 0.15) is 15.9 Å². The molecule has 0 aliphatic carbocycles. The zero-order valence-electron chi connectivity index (χ0n) is 9.77. The summed E-state index contributed by atoms with van der Waals surface area (Å²) in [5, 5.41) is 9.65. The van der Waals surface area contributed by atoms with Gasteiger partial charge in [0.2, 0.25) is 0 Å². The van der Waals surface area contributed by atoms with Gasteiger partial charge in [0.1, 0.15) is 12.4 Å². The molecule has 0 saturated heterocycles. The summed E-state index contributed by atoms with van der Waals surface area (Å²) < 4.78 is 5.54. The average Bonchev–Trinajstić information content (AvgIpc) is 2.36. The molecule has 2 rings (SSSR count). The van der Waals surface area contributed by atoms with E-state index in [9.17, 15) is 4.79 Å². The zero-order valence-corrected chi connectivity index (χ0v) is 11.3. The smallest absolute Gasteiger partial charge is 0.337 e. The molecule has 0 aliphatic heterocycles. The third kappa shape index (κ3) is 3.63.